The van der Waals surface area contributed by atoms with Gasteiger partial charge in [-0.2, -0.15) is 5.26 Å². The highest BCUT2D eigenvalue weighted by atomic mass is 19.1. The fourth-order valence-corrected chi connectivity index (χ4v) is 2.34. The molecule has 3 nitrogen and oxygen atoms in total. The Morgan fingerprint density at radius 2 is 1.95 bits per heavy atom. The number of rotatable bonds is 5. The molecule has 0 amide bonds. The summed E-state index contributed by atoms with van der Waals surface area (Å²) in [7, 11) is 1.56. The van der Waals surface area contributed by atoms with Crippen molar-refractivity contribution in [3.05, 3.63) is 65.0 Å². The third kappa shape index (κ3) is 3.59. The van der Waals surface area contributed by atoms with Gasteiger partial charge in [0.25, 0.3) is 0 Å². The quantitative estimate of drug-likeness (QED) is 0.918. The van der Waals surface area contributed by atoms with Crippen LogP contribution in [0.2, 0.25) is 0 Å². The maximum absolute atomic E-state index is 13.5. The van der Waals surface area contributed by atoms with Crippen LogP contribution in [0.1, 0.15) is 22.6 Å². The van der Waals surface area contributed by atoms with Gasteiger partial charge in [0, 0.05) is 11.5 Å². The minimum atomic E-state index is -0.302. The van der Waals surface area contributed by atoms with E-state index in [1.54, 1.807) is 25.3 Å². The molecule has 0 spiro atoms. The summed E-state index contributed by atoms with van der Waals surface area (Å²) < 4.78 is 18.8. The van der Waals surface area contributed by atoms with Crippen LogP contribution < -0.4 is 10.5 Å². The smallest absolute Gasteiger partial charge is 0.123 e. The van der Waals surface area contributed by atoms with Crippen LogP contribution in [0.15, 0.2) is 42.5 Å². The molecule has 0 bridgehead atoms. The standard InChI is InChI=1S/C17H17FN2O/c1-21-17-7-6-15(18)9-16(17)14(11-20)8-12-2-4-13(10-19)5-3-12/h2-7,9,14H,8,11,20H2,1H3. The Morgan fingerprint density at radius 1 is 1.24 bits per heavy atom. The lowest BCUT2D eigenvalue weighted by Gasteiger charge is -2.18. The Kier molecular flexibility index (Phi) is 4.91. The first-order chi connectivity index (χ1) is 10.2. The molecule has 0 heterocycles. The first-order valence-electron chi connectivity index (χ1n) is 6.70. The van der Waals surface area contributed by atoms with E-state index in [1.165, 1.54) is 12.1 Å². The average molecular weight is 284 g/mol. The van der Waals surface area contributed by atoms with Crippen molar-refractivity contribution in [2.75, 3.05) is 13.7 Å². The van der Waals surface area contributed by atoms with Gasteiger partial charge < -0.3 is 10.5 Å². The van der Waals surface area contributed by atoms with Gasteiger partial charge in [0.15, 0.2) is 0 Å². The van der Waals surface area contributed by atoms with Crippen LogP contribution in [-0.2, 0) is 6.42 Å². The minimum Gasteiger partial charge on any atom is -0.496 e. The van der Waals surface area contributed by atoms with Crippen molar-refractivity contribution in [2.45, 2.75) is 12.3 Å². The largest absolute Gasteiger partial charge is 0.496 e. The van der Waals surface area contributed by atoms with Gasteiger partial charge in [0.1, 0.15) is 11.6 Å². The van der Waals surface area contributed by atoms with E-state index in [0.29, 0.717) is 24.3 Å². The lowest BCUT2D eigenvalue weighted by Crippen LogP contribution is -2.16. The molecule has 108 valence electrons. The lowest BCUT2D eigenvalue weighted by molar-refractivity contribution is 0.403. The first-order valence-corrected chi connectivity index (χ1v) is 6.70. The summed E-state index contributed by atoms with van der Waals surface area (Å²) in [6, 6.07) is 13.9. The highest BCUT2D eigenvalue weighted by Crippen LogP contribution is 2.29. The van der Waals surface area contributed by atoms with Gasteiger partial charge in [0.05, 0.1) is 18.7 Å². The van der Waals surface area contributed by atoms with Crippen molar-refractivity contribution < 1.29 is 9.13 Å². The highest BCUT2D eigenvalue weighted by Gasteiger charge is 2.16. The molecule has 0 saturated heterocycles. The zero-order chi connectivity index (χ0) is 15.2. The van der Waals surface area contributed by atoms with E-state index in [-0.39, 0.29) is 11.7 Å². The van der Waals surface area contributed by atoms with Gasteiger partial charge in [-0.25, -0.2) is 4.39 Å². The number of hydrogen-bond donors (Lipinski definition) is 1. The SMILES string of the molecule is COc1ccc(F)cc1C(CN)Cc1ccc(C#N)cc1. The fourth-order valence-electron chi connectivity index (χ4n) is 2.34. The van der Waals surface area contributed by atoms with Crippen LogP contribution in [-0.4, -0.2) is 13.7 Å². The van der Waals surface area contributed by atoms with E-state index in [0.717, 1.165) is 11.1 Å². The molecule has 0 fully saturated rings. The third-order valence-electron chi connectivity index (χ3n) is 3.48. The Labute approximate surface area is 123 Å². The topological polar surface area (TPSA) is 59.0 Å². The van der Waals surface area contributed by atoms with Crippen LogP contribution in [0.25, 0.3) is 0 Å². The van der Waals surface area contributed by atoms with Crippen molar-refractivity contribution in [3.8, 4) is 11.8 Å². The maximum atomic E-state index is 13.5. The van der Waals surface area contributed by atoms with Gasteiger partial charge in [-0.15, -0.1) is 0 Å². The van der Waals surface area contributed by atoms with Crippen molar-refractivity contribution in [1.29, 1.82) is 5.26 Å². The Bertz CT molecular complexity index is 647. The van der Waals surface area contributed by atoms with Crippen molar-refractivity contribution in [1.82, 2.24) is 0 Å². The number of halogens is 1. The van der Waals surface area contributed by atoms with E-state index in [4.69, 9.17) is 15.7 Å². The molecule has 1 atom stereocenters. The molecule has 4 heteroatoms. The summed E-state index contributed by atoms with van der Waals surface area (Å²) in [4.78, 5) is 0. The molecule has 0 aliphatic carbocycles. The zero-order valence-corrected chi connectivity index (χ0v) is 11.8. The molecule has 2 N–H and O–H groups in total. The molecule has 2 aromatic carbocycles. The van der Waals surface area contributed by atoms with Crippen LogP contribution in [0, 0.1) is 17.1 Å². The number of nitrogens with two attached hydrogens (primary N) is 1. The van der Waals surface area contributed by atoms with Gasteiger partial charge in [-0.3, -0.25) is 0 Å². The molecule has 0 aliphatic heterocycles. The highest BCUT2D eigenvalue weighted by molar-refractivity contribution is 5.39. The number of benzene rings is 2. The Hall–Kier alpha value is -2.38. The molecule has 0 radical (unpaired) electrons. The second-order valence-corrected chi connectivity index (χ2v) is 4.83. The summed E-state index contributed by atoms with van der Waals surface area (Å²) >= 11 is 0. The summed E-state index contributed by atoms with van der Waals surface area (Å²) in [5.74, 6) is 0.299. The molecular formula is C17H17FN2O. The summed E-state index contributed by atoms with van der Waals surface area (Å²) in [5, 5.41) is 8.81. The van der Waals surface area contributed by atoms with Gasteiger partial charge in [-0.05, 0) is 48.9 Å². The number of hydrogen-bond acceptors (Lipinski definition) is 3. The van der Waals surface area contributed by atoms with Crippen LogP contribution in [0.3, 0.4) is 0 Å². The Morgan fingerprint density at radius 3 is 2.52 bits per heavy atom. The van der Waals surface area contributed by atoms with E-state index in [1.807, 2.05) is 12.1 Å². The molecule has 2 rings (SSSR count). The molecule has 2 aromatic rings. The summed E-state index contributed by atoms with van der Waals surface area (Å²) in [6.07, 6.45) is 0.669. The van der Waals surface area contributed by atoms with E-state index < -0.39 is 0 Å². The van der Waals surface area contributed by atoms with E-state index >= 15 is 0 Å². The molecular weight excluding hydrogens is 267 g/mol. The van der Waals surface area contributed by atoms with Crippen LogP contribution in [0.4, 0.5) is 4.39 Å². The lowest BCUT2D eigenvalue weighted by atomic mass is 9.91. The second-order valence-electron chi connectivity index (χ2n) is 4.83. The molecule has 0 aromatic heterocycles. The molecule has 0 saturated carbocycles. The molecule has 0 aliphatic rings. The second kappa shape index (κ2) is 6.87. The van der Waals surface area contributed by atoms with Gasteiger partial charge in [-0.1, -0.05) is 12.1 Å². The normalized spacial score (nSPS) is 11.7. The van der Waals surface area contributed by atoms with Crippen molar-refractivity contribution in [2.24, 2.45) is 5.73 Å². The van der Waals surface area contributed by atoms with Crippen LogP contribution >= 0.6 is 0 Å². The van der Waals surface area contributed by atoms with Crippen molar-refractivity contribution in [3.63, 3.8) is 0 Å². The summed E-state index contributed by atoms with van der Waals surface area (Å²) in [5.41, 5.74) is 8.29. The van der Waals surface area contributed by atoms with E-state index in [2.05, 4.69) is 6.07 Å². The van der Waals surface area contributed by atoms with Gasteiger partial charge in [0.2, 0.25) is 0 Å². The number of methoxy groups -OCH3 is 1. The maximum Gasteiger partial charge on any atom is 0.123 e. The number of ether oxygens (including phenoxy) is 1. The van der Waals surface area contributed by atoms with Crippen molar-refractivity contribution >= 4 is 0 Å². The van der Waals surface area contributed by atoms with Gasteiger partial charge >= 0.3 is 0 Å². The zero-order valence-electron chi connectivity index (χ0n) is 11.8. The molecule has 21 heavy (non-hydrogen) atoms. The van der Waals surface area contributed by atoms with Crippen LogP contribution in [0.5, 0.6) is 5.75 Å². The molecule has 1 unspecified atom stereocenters. The fraction of sp³-hybridized carbons (Fsp3) is 0.235. The number of nitrogens with zero attached hydrogens (tertiary/aromatic N) is 1. The minimum absolute atomic E-state index is 0.0383. The number of nitriles is 1. The summed E-state index contributed by atoms with van der Waals surface area (Å²) in [6.45, 7) is 0.389. The predicted molar refractivity (Wildman–Crippen MR) is 79.6 cm³/mol. The third-order valence-corrected chi connectivity index (χ3v) is 3.48. The van der Waals surface area contributed by atoms with E-state index in [9.17, 15) is 4.39 Å². The predicted octanol–water partition coefficient (Wildman–Crippen LogP) is 2.99. The Balaban J connectivity index is 2.27. The first kappa shape index (κ1) is 15.0. The monoisotopic (exact) mass is 284 g/mol. The average Bonchev–Trinajstić information content (AvgIpc) is 2.53.